The Bertz CT molecular complexity index is 1040. The molecule has 1 fully saturated rings. The van der Waals surface area contributed by atoms with Crippen LogP contribution >= 0.6 is 0 Å². The van der Waals surface area contributed by atoms with Crippen molar-refractivity contribution in [1.29, 1.82) is 0 Å². The number of hydrogen-bond donors (Lipinski definition) is 4. The van der Waals surface area contributed by atoms with E-state index in [0.717, 1.165) is 49.6 Å². The first-order valence-electron chi connectivity index (χ1n) is 12.0. The molecule has 0 aromatic carbocycles. The number of imidazole rings is 1. The van der Waals surface area contributed by atoms with E-state index in [1.807, 2.05) is 25.3 Å². The molecule has 208 valence electrons. The van der Waals surface area contributed by atoms with Gasteiger partial charge in [-0.25, -0.2) is 29.1 Å². The fraction of sp³-hybridized carbons (Fsp3) is 0.440. The molecule has 3 heterocycles. The lowest BCUT2D eigenvalue weighted by Crippen LogP contribution is -2.21. The van der Waals surface area contributed by atoms with Crippen LogP contribution in [0.15, 0.2) is 42.6 Å². The van der Waals surface area contributed by atoms with Gasteiger partial charge in [-0.3, -0.25) is 0 Å². The minimum Gasteiger partial charge on any atom is -0.478 e. The van der Waals surface area contributed by atoms with Crippen molar-refractivity contribution in [3.05, 3.63) is 48.5 Å². The predicted octanol–water partition coefficient (Wildman–Crippen LogP) is 1.92. The predicted molar refractivity (Wildman–Crippen MR) is 137 cm³/mol. The van der Waals surface area contributed by atoms with Gasteiger partial charge in [0.15, 0.2) is 5.65 Å². The average molecular weight is 535 g/mol. The number of pyridine rings is 1. The molecule has 2 aromatic rings. The van der Waals surface area contributed by atoms with E-state index in [-0.39, 0.29) is 0 Å². The van der Waals surface area contributed by atoms with Gasteiger partial charge in [-0.2, -0.15) is 0 Å². The number of fused-ring (bicyclic) bond motifs is 1. The van der Waals surface area contributed by atoms with E-state index in [4.69, 9.17) is 30.1 Å². The van der Waals surface area contributed by atoms with Crippen molar-refractivity contribution in [2.75, 3.05) is 32.8 Å². The standard InChI is InChI=1S/C17H26N4O.2C4H4O4/c1-2-22-14-13-21-16(8-6-12-20-10-3-4-11-20)19-15-7-5-9-18-17(15)21;2*5-3(6)1-2-4(7)8/h5,7,9H,2-4,6,8,10-14H2,1H3;2*1-2H,(H,5,6)(H,7,8)/b;2*2-1+. The third-order valence-corrected chi connectivity index (χ3v) is 5.06. The van der Waals surface area contributed by atoms with Crippen LogP contribution in [-0.4, -0.2) is 96.6 Å². The number of nitrogens with zero attached hydrogens (tertiary/aromatic N) is 4. The zero-order valence-electron chi connectivity index (χ0n) is 21.2. The van der Waals surface area contributed by atoms with Crippen molar-refractivity contribution >= 4 is 35.0 Å². The third-order valence-electron chi connectivity index (χ3n) is 5.06. The van der Waals surface area contributed by atoms with Crippen molar-refractivity contribution in [3.8, 4) is 0 Å². The second-order valence-corrected chi connectivity index (χ2v) is 7.89. The van der Waals surface area contributed by atoms with Crippen LogP contribution in [0.4, 0.5) is 0 Å². The molecule has 1 saturated heterocycles. The van der Waals surface area contributed by atoms with E-state index in [9.17, 15) is 19.2 Å². The van der Waals surface area contributed by atoms with Gasteiger partial charge in [-0.15, -0.1) is 0 Å². The Balaban J connectivity index is 0.000000374. The minimum atomic E-state index is -1.26. The molecule has 1 aliphatic rings. The van der Waals surface area contributed by atoms with Crippen molar-refractivity contribution < 1.29 is 44.3 Å². The number of likely N-dealkylation sites (tertiary alicyclic amines) is 1. The van der Waals surface area contributed by atoms with E-state index in [0.29, 0.717) is 24.3 Å². The van der Waals surface area contributed by atoms with E-state index >= 15 is 0 Å². The van der Waals surface area contributed by atoms with Gasteiger partial charge in [0.05, 0.1) is 6.61 Å². The summed E-state index contributed by atoms with van der Waals surface area (Å²) in [7, 11) is 0. The molecule has 0 saturated carbocycles. The van der Waals surface area contributed by atoms with Gasteiger partial charge in [-0.1, -0.05) is 0 Å². The topological polar surface area (TPSA) is 192 Å². The number of carbonyl (C=O) groups is 4. The summed E-state index contributed by atoms with van der Waals surface area (Å²) >= 11 is 0. The largest absolute Gasteiger partial charge is 0.478 e. The van der Waals surface area contributed by atoms with Crippen molar-refractivity contribution in [1.82, 2.24) is 19.4 Å². The number of carboxylic acid groups (broad SMARTS) is 4. The molecular weight excluding hydrogens is 500 g/mol. The number of ether oxygens (including phenoxy) is 1. The first-order chi connectivity index (χ1) is 18.1. The maximum atomic E-state index is 9.55. The molecule has 4 N–H and O–H groups in total. The average Bonchev–Trinajstić information content (AvgIpc) is 3.51. The van der Waals surface area contributed by atoms with Crippen LogP contribution < -0.4 is 0 Å². The Labute approximate surface area is 219 Å². The monoisotopic (exact) mass is 534 g/mol. The molecule has 0 bridgehead atoms. The van der Waals surface area contributed by atoms with Crippen LogP contribution in [0.25, 0.3) is 11.2 Å². The molecule has 2 aromatic heterocycles. The van der Waals surface area contributed by atoms with Crippen molar-refractivity contribution in [2.24, 2.45) is 0 Å². The van der Waals surface area contributed by atoms with Gasteiger partial charge >= 0.3 is 23.9 Å². The highest BCUT2D eigenvalue weighted by Crippen LogP contribution is 2.16. The lowest BCUT2D eigenvalue weighted by molar-refractivity contribution is -0.134. The fourth-order valence-corrected chi connectivity index (χ4v) is 3.48. The first-order valence-corrected chi connectivity index (χ1v) is 12.0. The Morgan fingerprint density at radius 2 is 1.47 bits per heavy atom. The minimum absolute atomic E-state index is 0.558. The molecule has 0 spiro atoms. The molecule has 13 heteroatoms. The lowest BCUT2D eigenvalue weighted by atomic mass is 10.3. The van der Waals surface area contributed by atoms with Gasteiger partial charge in [-0.05, 0) is 58.0 Å². The van der Waals surface area contributed by atoms with E-state index in [1.54, 1.807) is 0 Å². The maximum Gasteiger partial charge on any atom is 0.328 e. The normalized spacial score (nSPS) is 13.2. The molecule has 0 atom stereocenters. The van der Waals surface area contributed by atoms with Gasteiger partial charge in [0, 0.05) is 50.1 Å². The summed E-state index contributed by atoms with van der Waals surface area (Å²) < 4.78 is 7.74. The Hall–Kier alpha value is -4.10. The zero-order chi connectivity index (χ0) is 28.3. The molecule has 1 aliphatic heterocycles. The molecule has 3 rings (SSSR count). The molecule has 13 nitrogen and oxygen atoms in total. The summed E-state index contributed by atoms with van der Waals surface area (Å²) in [6, 6.07) is 4.00. The number of carboxylic acids is 4. The highest BCUT2D eigenvalue weighted by Gasteiger charge is 2.14. The summed E-state index contributed by atoms with van der Waals surface area (Å²) in [5.74, 6) is -3.88. The molecule has 0 unspecified atom stereocenters. The molecule has 38 heavy (non-hydrogen) atoms. The van der Waals surface area contributed by atoms with Gasteiger partial charge in [0.25, 0.3) is 0 Å². The van der Waals surface area contributed by atoms with Gasteiger partial charge in [0.1, 0.15) is 11.3 Å². The molecule has 0 amide bonds. The lowest BCUT2D eigenvalue weighted by Gasteiger charge is -2.14. The van der Waals surface area contributed by atoms with Crippen LogP contribution in [0.2, 0.25) is 0 Å². The Morgan fingerprint density at radius 3 is 1.97 bits per heavy atom. The van der Waals surface area contributed by atoms with Crippen molar-refractivity contribution in [2.45, 2.75) is 39.2 Å². The van der Waals surface area contributed by atoms with Crippen LogP contribution in [0.5, 0.6) is 0 Å². The number of aryl methyl sites for hydroxylation is 1. The second-order valence-electron chi connectivity index (χ2n) is 7.89. The number of aliphatic carboxylic acids is 4. The SMILES string of the molecule is CCOCCn1c(CCCN2CCCC2)nc2cccnc21.O=C(O)/C=C/C(=O)O.O=C(O)/C=C/C(=O)O. The smallest absolute Gasteiger partial charge is 0.328 e. The van der Waals surface area contributed by atoms with E-state index < -0.39 is 23.9 Å². The summed E-state index contributed by atoms with van der Waals surface area (Å²) in [5.41, 5.74) is 1.98. The fourth-order valence-electron chi connectivity index (χ4n) is 3.48. The summed E-state index contributed by atoms with van der Waals surface area (Å²) in [4.78, 5) is 50.1. The summed E-state index contributed by atoms with van der Waals surface area (Å²) in [6.07, 6.45) is 8.97. The zero-order valence-corrected chi connectivity index (χ0v) is 21.2. The third kappa shape index (κ3) is 13.8. The quantitative estimate of drug-likeness (QED) is 0.229. The van der Waals surface area contributed by atoms with Gasteiger partial charge in [0.2, 0.25) is 0 Å². The van der Waals surface area contributed by atoms with E-state index in [1.165, 1.54) is 32.5 Å². The van der Waals surface area contributed by atoms with Crippen LogP contribution in [-0.2, 0) is 36.9 Å². The Kier molecular flexibility index (Phi) is 15.3. The second kappa shape index (κ2) is 18.2. The van der Waals surface area contributed by atoms with E-state index in [2.05, 4.69) is 14.5 Å². The van der Waals surface area contributed by atoms with Crippen LogP contribution in [0.3, 0.4) is 0 Å². The van der Waals surface area contributed by atoms with Gasteiger partial charge < -0.3 is 34.6 Å². The first kappa shape index (κ1) is 31.9. The van der Waals surface area contributed by atoms with Crippen LogP contribution in [0, 0.1) is 0 Å². The number of aromatic nitrogens is 3. The summed E-state index contributed by atoms with van der Waals surface area (Å²) in [6.45, 7) is 8.05. The number of hydrogen-bond acceptors (Lipinski definition) is 8. The summed E-state index contributed by atoms with van der Waals surface area (Å²) in [5, 5.41) is 31.2. The van der Waals surface area contributed by atoms with Crippen LogP contribution in [0.1, 0.15) is 32.0 Å². The number of rotatable bonds is 12. The highest BCUT2D eigenvalue weighted by atomic mass is 16.5. The molecular formula is C25H34N4O9. The molecule has 0 radical (unpaired) electrons. The highest BCUT2D eigenvalue weighted by molar-refractivity contribution is 5.90. The molecule has 0 aliphatic carbocycles. The maximum absolute atomic E-state index is 9.55. The Morgan fingerprint density at radius 1 is 0.921 bits per heavy atom. The van der Waals surface area contributed by atoms with Crippen molar-refractivity contribution in [3.63, 3.8) is 0 Å².